The normalized spacial score (nSPS) is 15.2. The van der Waals surface area contributed by atoms with Gasteiger partial charge in [0.05, 0.1) is 19.2 Å². The van der Waals surface area contributed by atoms with Crippen LogP contribution < -0.4 is 5.32 Å². The molecule has 5 heteroatoms. The summed E-state index contributed by atoms with van der Waals surface area (Å²) < 4.78 is 4.69. The van der Waals surface area contributed by atoms with Crippen LogP contribution in [0.4, 0.5) is 0 Å². The molecule has 1 heterocycles. The topological polar surface area (TPSA) is 58.6 Å². The number of nitrogens with one attached hydrogen (secondary N) is 1. The molecule has 2 aromatic rings. The molecule has 0 spiro atoms. The van der Waals surface area contributed by atoms with Crippen LogP contribution in [-0.2, 0) is 22.5 Å². The summed E-state index contributed by atoms with van der Waals surface area (Å²) in [5.74, 6) is 0.389. The number of carbonyl (C=O) groups is 2. The van der Waals surface area contributed by atoms with Crippen molar-refractivity contribution in [2.24, 2.45) is 5.92 Å². The van der Waals surface area contributed by atoms with Gasteiger partial charge in [0.25, 0.3) is 0 Å². The lowest BCUT2D eigenvalue weighted by Gasteiger charge is -2.31. The van der Waals surface area contributed by atoms with Crippen molar-refractivity contribution in [2.45, 2.75) is 25.8 Å². The SMILES string of the molecule is COC(=O)c1ccc(CNC(=O)CN2CCC(Cc3ccccc3)CC2)cc1. The third-order valence-electron chi connectivity index (χ3n) is 5.31. The smallest absolute Gasteiger partial charge is 0.337 e. The van der Waals surface area contributed by atoms with Crippen LogP contribution in [0.2, 0.25) is 0 Å². The predicted octanol–water partition coefficient (Wildman–Crippen LogP) is 3.04. The maximum absolute atomic E-state index is 12.3. The molecule has 0 radical (unpaired) electrons. The van der Waals surface area contributed by atoms with Gasteiger partial charge in [-0.05, 0) is 61.5 Å². The molecular formula is C23H28N2O3. The van der Waals surface area contributed by atoms with Gasteiger partial charge >= 0.3 is 5.97 Å². The minimum Gasteiger partial charge on any atom is -0.465 e. The number of hydrogen-bond donors (Lipinski definition) is 1. The lowest BCUT2D eigenvalue weighted by molar-refractivity contribution is -0.122. The van der Waals surface area contributed by atoms with Crippen molar-refractivity contribution in [1.29, 1.82) is 0 Å². The van der Waals surface area contributed by atoms with E-state index in [0.29, 0.717) is 24.6 Å². The zero-order valence-corrected chi connectivity index (χ0v) is 16.4. The maximum atomic E-state index is 12.3. The van der Waals surface area contributed by atoms with Crippen molar-refractivity contribution in [3.05, 3.63) is 71.3 Å². The van der Waals surface area contributed by atoms with Gasteiger partial charge in [0, 0.05) is 6.54 Å². The van der Waals surface area contributed by atoms with Crippen molar-refractivity contribution in [1.82, 2.24) is 10.2 Å². The molecule has 5 nitrogen and oxygen atoms in total. The average molecular weight is 380 g/mol. The highest BCUT2D eigenvalue weighted by atomic mass is 16.5. The first-order valence-corrected chi connectivity index (χ1v) is 9.84. The zero-order chi connectivity index (χ0) is 19.8. The van der Waals surface area contributed by atoms with E-state index in [-0.39, 0.29) is 11.9 Å². The minimum absolute atomic E-state index is 0.0403. The van der Waals surface area contributed by atoms with Crippen LogP contribution in [0.15, 0.2) is 54.6 Å². The lowest BCUT2D eigenvalue weighted by atomic mass is 9.90. The molecule has 0 saturated carbocycles. The Labute approximate surface area is 166 Å². The number of likely N-dealkylation sites (tertiary alicyclic amines) is 1. The van der Waals surface area contributed by atoms with E-state index in [2.05, 4.69) is 45.3 Å². The predicted molar refractivity (Wildman–Crippen MR) is 109 cm³/mol. The lowest BCUT2D eigenvalue weighted by Crippen LogP contribution is -2.41. The van der Waals surface area contributed by atoms with Gasteiger partial charge < -0.3 is 10.1 Å². The first kappa shape index (κ1) is 20.1. The van der Waals surface area contributed by atoms with Crippen LogP contribution >= 0.6 is 0 Å². The molecule has 1 amide bonds. The second-order valence-electron chi connectivity index (χ2n) is 7.37. The third-order valence-corrected chi connectivity index (χ3v) is 5.31. The Kier molecular flexibility index (Phi) is 7.20. The van der Waals surface area contributed by atoms with Crippen molar-refractivity contribution >= 4 is 11.9 Å². The number of carbonyl (C=O) groups excluding carboxylic acids is 2. The number of hydrogen-bond acceptors (Lipinski definition) is 4. The van der Waals surface area contributed by atoms with E-state index in [1.165, 1.54) is 12.7 Å². The van der Waals surface area contributed by atoms with Gasteiger partial charge in [-0.3, -0.25) is 9.69 Å². The minimum atomic E-state index is -0.355. The molecule has 0 bridgehead atoms. The standard InChI is InChI=1S/C23H28N2O3/c1-28-23(27)21-9-7-20(8-10-21)16-24-22(26)17-25-13-11-19(12-14-25)15-18-5-3-2-4-6-18/h2-10,19H,11-17H2,1H3,(H,24,26). The molecule has 1 aliphatic heterocycles. The van der Waals surface area contributed by atoms with E-state index in [1.807, 2.05) is 12.1 Å². The molecule has 3 rings (SSSR count). The summed E-state index contributed by atoms with van der Waals surface area (Å²) in [6, 6.07) is 17.7. The fraction of sp³-hybridized carbons (Fsp3) is 0.391. The van der Waals surface area contributed by atoms with Gasteiger partial charge in [0.2, 0.25) is 5.91 Å². The van der Waals surface area contributed by atoms with E-state index in [1.54, 1.807) is 12.1 Å². The number of nitrogens with zero attached hydrogens (tertiary/aromatic N) is 1. The average Bonchev–Trinajstić information content (AvgIpc) is 2.74. The molecule has 2 aromatic carbocycles. The summed E-state index contributed by atoms with van der Waals surface area (Å²) in [5.41, 5.74) is 2.87. The Bertz CT molecular complexity index is 766. The number of esters is 1. The number of rotatable bonds is 7. The number of benzene rings is 2. The molecule has 1 fully saturated rings. The monoisotopic (exact) mass is 380 g/mol. The number of ether oxygens (including phenoxy) is 1. The Morgan fingerprint density at radius 1 is 1.00 bits per heavy atom. The molecule has 1 aliphatic rings. The van der Waals surface area contributed by atoms with Crippen LogP contribution in [0.3, 0.4) is 0 Å². The maximum Gasteiger partial charge on any atom is 0.337 e. The summed E-state index contributed by atoms with van der Waals surface area (Å²) in [6.45, 7) is 2.85. The van der Waals surface area contributed by atoms with Crippen LogP contribution in [0.1, 0.15) is 34.3 Å². The van der Waals surface area contributed by atoms with Gasteiger partial charge in [0.1, 0.15) is 0 Å². The first-order valence-electron chi connectivity index (χ1n) is 9.84. The van der Waals surface area contributed by atoms with Crippen molar-refractivity contribution in [3.8, 4) is 0 Å². The molecule has 28 heavy (non-hydrogen) atoms. The second kappa shape index (κ2) is 10.0. The summed E-state index contributed by atoms with van der Waals surface area (Å²) in [6.07, 6.45) is 3.40. The van der Waals surface area contributed by atoms with Crippen LogP contribution in [0.5, 0.6) is 0 Å². The summed E-state index contributed by atoms with van der Waals surface area (Å²) in [4.78, 5) is 25.9. The van der Waals surface area contributed by atoms with Gasteiger partial charge in [-0.2, -0.15) is 0 Å². The Morgan fingerprint density at radius 2 is 1.68 bits per heavy atom. The zero-order valence-electron chi connectivity index (χ0n) is 16.4. The largest absolute Gasteiger partial charge is 0.465 e. The van der Waals surface area contributed by atoms with E-state index in [4.69, 9.17) is 0 Å². The van der Waals surface area contributed by atoms with Gasteiger partial charge in [-0.1, -0.05) is 42.5 Å². The highest BCUT2D eigenvalue weighted by Gasteiger charge is 2.21. The third kappa shape index (κ3) is 5.92. The summed E-state index contributed by atoms with van der Waals surface area (Å²) in [5, 5.41) is 2.96. The Balaban J connectivity index is 1.37. The summed E-state index contributed by atoms with van der Waals surface area (Å²) in [7, 11) is 1.36. The summed E-state index contributed by atoms with van der Waals surface area (Å²) >= 11 is 0. The molecule has 0 aliphatic carbocycles. The van der Waals surface area contributed by atoms with Gasteiger partial charge in [0.15, 0.2) is 0 Å². The molecule has 148 valence electrons. The fourth-order valence-electron chi connectivity index (χ4n) is 3.63. The fourth-order valence-corrected chi connectivity index (χ4v) is 3.63. The van der Waals surface area contributed by atoms with E-state index >= 15 is 0 Å². The highest BCUT2D eigenvalue weighted by molar-refractivity contribution is 5.89. The highest BCUT2D eigenvalue weighted by Crippen LogP contribution is 2.21. The molecule has 0 aromatic heterocycles. The molecule has 1 saturated heterocycles. The van der Waals surface area contributed by atoms with E-state index in [0.717, 1.165) is 37.9 Å². The number of piperidine rings is 1. The number of methoxy groups -OCH3 is 1. The van der Waals surface area contributed by atoms with Crippen LogP contribution in [0.25, 0.3) is 0 Å². The van der Waals surface area contributed by atoms with Gasteiger partial charge in [-0.15, -0.1) is 0 Å². The number of amides is 1. The van der Waals surface area contributed by atoms with Crippen molar-refractivity contribution in [3.63, 3.8) is 0 Å². The second-order valence-corrected chi connectivity index (χ2v) is 7.37. The Morgan fingerprint density at radius 3 is 2.32 bits per heavy atom. The quantitative estimate of drug-likeness (QED) is 0.750. The van der Waals surface area contributed by atoms with E-state index in [9.17, 15) is 9.59 Å². The Hall–Kier alpha value is -2.66. The van der Waals surface area contributed by atoms with Crippen LogP contribution in [-0.4, -0.2) is 43.5 Å². The van der Waals surface area contributed by atoms with Crippen molar-refractivity contribution < 1.29 is 14.3 Å². The first-order chi connectivity index (χ1) is 13.6. The van der Waals surface area contributed by atoms with Crippen LogP contribution in [0, 0.1) is 5.92 Å². The van der Waals surface area contributed by atoms with Crippen molar-refractivity contribution in [2.75, 3.05) is 26.7 Å². The molecule has 0 atom stereocenters. The molecule has 1 N–H and O–H groups in total. The van der Waals surface area contributed by atoms with E-state index < -0.39 is 0 Å². The molecule has 0 unspecified atom stereocenters. The molecular weight excluding hydrogens is 352 g/mol. The van der Waals surface area contributed by atoms with Gasteiger partial charge in [-0.25, -0.2) is 4.79 Å².